The Labute approximate surface area is 133 Å². The van der Waals surface area contributed by atoms with Crippen LogP contribution in [0, 0.1) is 11.7 Å². The van der Waals surface area contributed by atoms with Gasteiger partial charge in [0.2, 0.25) is 0 Å². The molecule has 0 spiro atoms. The van der Waals surface area contributed by atoms with E-state index in [-0.39, 0.29) is 25.1 Å². The minimum atomic E-state index is -0.397. The van der Waals surface area contributed by atoms with Gasteiger partial charge in [0.25, 0.3) is 0 Å². The van der Waals surface area contributed by atoms with Crippen molar-refractivity contribution in [3.05, 3.63) is 59.4 Å². The summed E-state index contributed by atoms with van der Waals surface area (Å²) in [5, 5.41) is 0. The van der Waals surface area contributed by atoms with E-state index in [9.17, 15) is 9.18 Å². The average Bonchev–Trinajstić information content (AvgIpc) is 2.59. The van der Waals surface area contributed by atoms with Gasteiger partial charge >= 0.3 is 5.97 Å². The van der Waals surface area contributed by atoms with Crippen molar-refractivity contribution in [2.24, 2.45) is 5.92 Å². The van der Waals surface area contributed by atoms with Crippen molar-refractivity contribution in [2.75, 3.05) is 13.7 Å². The Balaban J connectivity index is 1.64. The Morgan fingerprint density at radius 2 is 2.13 bits per heavy atom. The Bertz CT molecular complexity index is 714. The maximum atomic E-state index is 13.3. The smallest absolute Gasteiger partial charge is 0.313 e. The van der Waals surface area contributed by atoms with Gasteiger partial charge < -0.3 is 14.2 Å². The summed E-state index contributed by atoms with van der Waals surface area (Å²) in [4.78, 5) is 12.2. The Morgan fingerprint density at radius 1 is 1.30 bits per heavy atom. The number of halogens is 1. The highest BCUT2D eigenvalue weighted by molar-refractivity contribution is 5.73. The van der Waals surface area contributed by atoms with E-state index in [2.05, 4.69) is 0 Å². The van der Waals surface area contributed by atoms with Crippen molar-refractivity contribution in [3.8, 4) is 11.5 Å². The molecule has 0 fully saturated rings. The van der Waals surface area contributed by atoms with Gasteiger partial charge in [-0.1, -0.05) is 18.2 Å². The molecule has 1 heterocycles. The number of carbonyl (C=O) groups is 1. The zero-order valence-corrected chi connectivity index (χ0v) is 12.8. The van der Waals surface area contributed by atoms with Crippen molar-refractivity contribution in [2.45, 2.75) is 13.0 Å². The number of ether oxygens (including phenoxy) is 3. The lowest BCUT2D eigenvalue weighted by atomic mass is 9.97. The van der Waals surface area contributed by atoms with Crippen molar-refractivity contribution in [3.63, 3.8) is 0 Å². The highest BCUT2D eigenvalue weighted by Gasteiger charge is 2.27. The molecule has 1 aliphatic heterocycles. The van der Waals surface area contributed by atoms with Crippen LogP contribution in [0.25, 0.3) is 0 Å². The second-order valence-corrected chi connectivity index (χ2v) is 5.38. The summed E-state index contributed by atoms with van der Waals surface area (Å²) in [5.41, 5.74) is 1.49. The number of methoxy groups -OCH3 is 1. The Morgan fingerprint density at radius 3 is 2.96 bits per heavy atom. The first-order chi connectivity index (χ1) is 11.2. The van der Waals surface area contributed by atoms with E-state index in [1.165, 1.54) is 25.3 Å². The van der Waals surface area contributed by atoms with Crippen LogP contribution in [0.1, 0.15) is 11.1 Å². The molecule has 1 unspecified atom stereocenters. The molecule has 0 bridgehead atoms. The first-order valence-electron chi connectivity index (χ1n) is 7.37. The van der Waals surface area contributed by atoms with Crippen molar-refractivity contribution in [1.29, 1.82) is 0 Å². The predicted octanol–water partition coefficient (Wildman–Crippen LogP) is 3.13. The molecule has 0 radical (unpaired) electrons. The Hall–Kier alpha value is -2.56. The molecule has 0 saturated carbocycles. The molecule has 0 N–H and O–H groups in total. The van der Waals surface area contributed by atoms with E-state index >= 15 is 0 Å². The molecular formula is C18H17FO4. The van der Waals surface area contributed by atoms with Crippen LogP contribution in [-0.4, -0.2) is 19.7 Å². The summed E-state index contributed by atoms with van der Waals surface area (Å²) in [6, 6.07) is 11.7. The van der Waals surface area contributed by atoms with Gasteiger partial charge in [0.1, 0.15) is 30.5 Å². The molecule has 2 aromatic carbocycles. The summed E-state index contributed by atoms with van der Waals surface area (Å²) in [7, 11) is 1.49. The quantitative estimate of drug-likeness (QED) is 0.813. The molecule has 2 aromatic rings. The van der Waals surface area contributed by atoms with Crippen LogP contribution in [0.5, 0.6) is 11.5 Å². The minimum absolute atomic E-state index is 0.0298. The molecule has 120 valence electrons. The number of rotatable bonds is 4. The number of hydrogen-bond donors (Lipinski definition) is 0. The van der Waals surface area contributed by atoms with Gasteiger partial charge in [0.15, 0.2) is 0 Å². The zero-order chi connectivity index (χ0) is 16.2. The highest BCUT2D eigenvalue weighted by atomic mass is 19.1. The standard InChI is InChI=1S/C18H17FO4/c1-21-16-7-6-15(19)9-13(16)10-23-18(20)14-8-12-4-2-3-5-17(12)22-11-14/h2-7,9,14H,8,10-11H2,1H3. The predicted molar refractivity (Wildman–Crippen MR) is 81.9 cm³/mol. The maximum Gasteiger partial charge on any atom is 0.313 e. The topological polar surface area (TPSA) is 44.8 Å². The fourth-order valence-electron chi connectivity index (χ4n) is 2.61. The SMILES string of the molecule is COc1ccc(F)cc1COC(=O)C1COc2ccccc2C1. The second-order valence-electron chi connectivity index (χ2n) is 5.38. The molecule has 0 aromatic heterocycles. The number of hydrogen-bond acceptors (Lipinski definition) is 4. The molecule has 0 aliphatic carbocycles. The van der Waals surface area contributed by atoms with Gasteiger partial charge in [0, 0.05) is 5.56 Å². The molecule has 0 saturated heterocycles. The lowest BCUT2D eigenvalue weighted by molar-refractivity contribution is -0.151. The molecule has 1 atom stereocenters. The molecule has 1 aliphatic rings. The normalized spacial score (nSPS) is 16.2. The zero-order valence-electron chi connectivity index (χ0n) is 12.8. The van der Waals surface area contributed by atoms with E-state index in [1.807, 2.05) is 24.3 Å². The number of para-hydroxylation sites is 1. The van der Waals surface area contributed by atoms with E-state index in [0.717, 1.165) is 11.3 Å². The third-order valence-corrected chi connectivity index (χ3v) is 3.82. The molecule has 5 heteroatoms. The van der Waals surface area contributed by atoms with Gasteiger partial charge in [0.05, 0.1) is 13.0 Å². The van der Waals surface area contributed by atoms with Crippen molar-refractivity contribution >= 4 is 5.97 Å². The number of carbonyl (C=O) groups excluding carboxylic acids is 1. The lowest BCUT2D eigenvalue weighted by Gasteiger charge is -2.24. The monoisotopic (exact) mass is 316 g/mol. The van der Waals surface area contributed by atoms with Crippen LogP contribution < -0.4 is 9.47 Å². The van der Waals surface area contributed by atoms with E-state index in [4.69, 9.17) is 14.2 Å². The third-order valence-electron chi connectivity index (χ3n) is 3.82. The van der Waals surface area contributed by atoms with Crippen molar-refractivity contribution < 1.29 is 23.4 Å². The fourth-order valence-corrected chi connectivity index (χ4v) is 2.61. The van der Waals surface area contributed by atoms with Gasteiger partial charge in [-0.3, -0.25) is 4.79 Å². The van der Waals surface area contributed by atoms with Gasteiger partial charge in [-0.15, -0.1) is 0 Å². The largest absolute Gasteiger partial charge is 0.496 e. The molecule has 4 nitrogen and oxygen atoms in total. The molecule has 3 rings (SSSR count). The summed E-state index contributed by atoms with van der Waals surface area (Å²) in [5.74, 6) is 0.190. The summed E-state index contributed by atoms with van der Waals surface area (Å²) in [6.45, 7) is 0.258. The summed E-state index contributed by atoms with van der Waals surface area (Å²) in [6.07, 6.45) is 0.579. The fraction of sp³-hybridized carbons (Fsp3) is 0.278. The summed E-state index contributed by atoms with van der Waals surface area (Å²) >= 11 is 0. The minimum Gasteiger partial charge on any atom is -0.496 e. The van der Waals surface area contributed by atoms with E-state index < -0.39 is 5.82 Å². The third kappa shape index (κ3) is 3.44. The van der Waals surface area contributed by atoms with Crippen LogP contribution in [0.4, 0.5) is 4.39 Å². The number of esters is 1. The first-order valence-corrected chi connectivity index (χ1v) is 7.37. The second kappa shape index (κ2) is 6.69. The van der Waals surface area contributed by atoms with Gasteiger partial charge in [-0.25, -0.2) is 4.39 Å². The van der Waals surface area contributed by atoms with Crippen LogP contribution in [0.2, 0.25) is 0 Å². The van der Waals surface area contributed by atoms with Crippen LogP contribution in [-0.2, 0) is 22.6 Å². The molecule has 0 amide bonds. The van der Waals surface area contributed by atoms with Crippen molar-refractivity contribution in [1.82, 2.24) is 0 Å². The molecule has 23 heavy (non-hydrogen) atoms. The summed E-state index contributed by atoms with van der Waals surface area (Å²) < 4.78 is 29.4. The number of fused-ring (bicyclic) bond motifs is 1. The lowest BCUT2D eigenvalue weighted by Crippen LogP contribution is -2.29. The van der Waals surface area contributed by atoms with Gasteiger partial charge in [-0.05, 0) is 36.2 Å². The Kier molecular flexibility index (Phi) is 4.46. The first kappa shape index (κ1) is 15.3. The number of benzene rings is 2. The van der Waals surface area contributed by atoms with E-state index in [1.54, 1.807) is 0 Å². The maximum absolute atomic E-state index is 13.3. The van der Waals surface area contributed by atoms with Crippen LogP contribution in [0.15, 0.2) is 42.5 Å². The van der Waals surface area contributed by atoms with E-state index in [0.29, 0.717) is 17.7 Å². The average molecular weight is 316 g/mol. The molecular weight excluding hydrogens is 299 g/mol. The van der Waals surface area contributed by atoms with Crippen LogP contribution >= 0.6 is 0 Å². The van der Waals surface area contributed by atoms with Crippen LogP contribution in [0.3, 0.4) is 0 Å². The highest BCUT2D eigenvalue weighted by Crippen LogP contribution is 2.28. The van der Waals surface area contributed by atoms with Gasteiger partial charge in [-0.2, -0.15) is 0 Å².